The molecule has 2 aromatic carbocycles. The van der Waals surface area contributed by atoms with Gasteiger partial charge in [-0.3, -0.25) is 9.52 Å². The van der Waals surface area contributed by atoms with Crippen LogP contribution in [0, 0.1) is 24.2 Å². The van der Waals surface area contributed by atoms with Gasteiger partial charge in [-0.1, -0.05) is 29.8 Å². The molecule has 2 N–H and O–H groups in total. The molecule has 0 saturated heterocycles. The molecule has 4 aliphatic rings. The zero-order valence-corrected chi connectivity index (χ0v) is 22.0. The van der Waals surface area contributed by atoms with Gasteiger partial charge in [0.2, 0.25) is 5.91 Å². The molecule has 36 heavy (non-hydrogen) atoms. The number of hydrogen-bond acceptors (Lipinski definition) is 5. The first-order valence-corrected chi connectivity index (χ1v) is 15.0. The van der Waals surface area contributed by atoms with E-state index < -0.39 is 10.0 Å². The fraction of sp³-hybridized carbons (Fsp3) is 0.429. The standard InChI is InChI=1S/C28H31N3O3S2/c1-19-2-4-22(5-3-19)28-15-20-12-21(16-28)14-27(13-20,18-28)17-25(32)30-23-6-8-24(9-7-23)36(33,34)31-26-29-10-11-35-26/h2-11,20-21H,12-18H2,1H3,(H,29,31)(H,30,32). The largest absolute Gasteiger partial charge is 0.326 e. The Labute approximate surface area is 216 Å². The summed E-state index contributed by atoms with van der Waals surface area (Å²) < 4.78 is 27.6. The number of rotatable bonds is 7. The Morgan fingerprint density at radius 2 is 1.72 bits per heavy atom. The van der Waals surface area contributed by atoms with Gasteiger partial charge in [-0.25, -0.2) is 13.4 Å². The third-order valence-corrected chi connectivity index (χ3v) is 10.7. The predicted molar refractivity (Wildman–Crippen MR) is 143 cm³/mol. The van der Waals surface area contributed by atoms with Crippen molar-refractivity contribution in [3.8, 4) is 0 Å². The number of anilines is 2. The van der Waals surface area contributed by atoms with Gasteiger partial charge >= 0.3 is 0 Å². The third kappa shape index (κ3) is 4.45. The fourth-order valence-electron chi connectivity index (χ4n) is 7.61. The van der Waals surface area contributed by atoms with Gasteiger partial charge in [0.25, 0.3) is 10.0 Å². The maximum atomic E-state index is 13.2. The molecule has 0 radical (unpaired) electrons. The van der Waals surface area contributed by atoms with Crippen LogP contribution in [-0.4, -0.2) is 19.3 Å². The van der Waals surface area contributed by atoms with Gasteiger partial charge in [0.15, 0.2) is 5.13 Å². The second kappa shape index (κ2) is 8.70. The van der Waals surface area contributed by atoms with E-state index in [1.54, 1.807) is 23.7 Å². The number of carbonyl (C=O) groups excluding carboxylic acids is 1. The Balaban J connectivity index is 1.15. The summed E-state index contributed by atoms with van der Waals surface area (Å²) >= 11 is 1.22. The van der Waals surface area contributed by atoms with E-state index in [1.807, 2.05) is 0 Å². The van der Waals surface area contributed by atoms with Gasteiger partial charge in [0.05, 0.1) is 4.90 Å². The molecule has 1 aromatic heterocycles. The van der Waals surface area contributed by atoms with Crippen molar-refractivity contribution in [3.63, 3.8) is 0 Å². The van der Waals surface area contributed by atoms with Gasteiger partial charge in [0, 0.05) is 23.7 Å². The van der Waals surface area contributed by atoms with E-state index in [4.69, 9.17) is 0 Å². The molecule has 2 unspecified atom stereocenters. The molecule has 4 fully saturated rings. The summed E-state index contributed by atoms with van der Waals surface area (Å²) in [5.74, 6) is 1.43. The van der Waals surface area contributed by atoms with Crippen molar-refractivity contribution in [3.05, 3.63) is 71.2 Å². The summed E-state index contributed by atoms with van der Waals surface area (Å²) in [6.45, 7) is 2.13. The minimum absolute atomic E-state index is 0.0209. The van der Waals surface area contributed by atoms with Crippen molar-refractivity contribution in [2.45, 2.75) is 62.2 Å². The lowest BCUT2D eigenvalue weighted by molar-refractivity contribution is -0.126. The normalized spacial score (nSPS) is 28.7. The van der Waals surface area contributed by atoms with Crippen molar-refractivity contribution in [2.75, 3.05) is 10.0 Å². The van der Waals surface area contributed by atoms with E-state index in [9.17, 15) is 13.2 Å². The van der Waals surface area contributed by atoms with Crippen molar-refractivity contribution < 1.29 is 13.2 Å². The number of carbonyl (C=O) groups is 1. The second-order valence-electron chi connectivity index (χ2n) is 11.3. The van der Waals surface area contributed by atoms with Crippen LogP contribution in [0.1, 0.15) is 56.1 Å². The van der Waals surface area contributed by atoms with Crippen LogP contribution in [0.3, 0.4) is 0 Å². The van der Waals surface area contributed by atoms with Gasteiger partial charge in [-0.15, -0.1) is 11.3 Å². The van der Waals surface area contributed by atoms with Crippen LogP contribution in [0.4, 0.5) is 10.8 Å². The molecule has 3 aromatic rings. The number of nitrogens with zero attached hydrogens (tertiary/aromatic N) is 1. The average Bonchev–Trinajstić information content (AvgIpc) is 3.31. The van der Waals surface area contributed by atoms with E-state index in [0.29, 0.717) is 29.1 Å². The van der Waals surface area contributed by atoms with Crippen molar-refractivity contribution in [1.29, 1.82) is 0 Å². The second-order valence-corrected chi connectivity index (χ2v) is 13.9. The van der Waals surface area contributed by atoms with E-state index in [2.05, 4.69) is 46.2 Å². The number of aryl methyl sites for hydroxylation is 1. The zero-order chi connectivity index (χ0) is 25.0. The monoisotopic (exact) mass is 521 g/mol. The third-order valence-electron chi connectivity index (χ3n) is 8.48. The lowest BCUT2D eigenvalue weighted by atomic mass is 9.42. The maximum Gasteiger partial charge on any atom is 0.263 e. The van der Waals surface area contributed by atoms with E-state index >= 15 is 0 Å². The molecule has 2 atom stereocenters. The fourth-order valence-corrected chi connectivity index (χ4v) is 9.40. The summed E-state index contributed by atoms with van der Waals surface area (Å²) in [5, 5.41) is 5.07. The highest BCUT2D eigenvalue weighted by Crippen LogP contribution is 2.66. The Bertz CT molecular complexity index is 1350. The molecule has 4 bridgehead atoms. The SMILES string of the molecule is Cc1ccc(C23CC4CC(CC(CC(=O)Nc5ccc(S(=O)(=O)Nc6nccs6)cc5)(C4)C2)C3)cc1. The highest BCUT2D eigenvalue weighted by molar-refractivity contribution is 7.93. The van der Waals surface area contributed by atoms with Gasteiger partial charge in [-0.2, -0.15) is 0 Å². The van der Waals surface area contributed by atoms with Crippen molar-refractivity contribution in [2.24, 2.45) is 17.3 Å². The van der Waals surface area contributed by atoms with Crippen LogP contribution < -0.4 is 10.0 Å². The molecular formula is C28H31N3O3S2. The Morgan fingerprint density at radius 3 is 2.36 bits per heavy atom. The van der Waals surface area contributed by atoms with Gasteiger partial charge < -0.3 is 5.32 Å². The number of benzene rings is 2. The number of aromatic nitrogens is 1. The predicted octanol–water partition coefficient (Wildman–Crippen LogP) is 6.12. The first kappa shape index (κ1) is 23.7. The van der Waals surface area contributed by atoms with E-state index in [0.717, 1.165) is 19.3 Å². The number of nitrogens with one attached hydrogen (secondary N) is 2. The number of hydrogen-bond donors (Lipinski definition) is 2. The lowest BCUT2D eigenvalue weighted by Gasteiger charge is -2.62. The molecule has 8 heteroatoms. The molecule has 188 valence electrons. The smallest absolute Gasteiger partial charge is 0.263 e. The van der Waals surface area contributed by atoms with Crippen LogP contribution >= 0.6 is 11.3 Å². The molecule has 1 heterocycles. The summed E-state index contributed by atoms with van der Waals surface area (Å²) in [6.07, 6.45) is 9.26. The van der Waals surface area contributed by atoms with Crippen LogP contribution in [-0.2, 0) is 20.2 Å². The van der Waals surface area contributed by atoms with Crippen molar-refractivity contribution in [1.82, 2.24) is 4.98 Å². The number of thiazole rings is 1. The molecular weight excluding hydrogens is 490 g/mol. The minimum Gasteiger partial charge on any atom is -0.326 e. The maximum absolute atomic E-state index is 13.2. The zero-order valence-electron chi connectivity index (χ0n) is 20.4. The van der Waals surface area contributed by atoms with Gasteiger partial charge in [0.1, 0.15) is 0 Å². The first-order valence-electron chi connectivity index (χ1n) is 12.6. The van der Waals surface area contributed by atoms with E-state index in [1.165, 1.54) is 53.9 Å². The summed E-state index contributed by atoms with van der Waals surface area (Å²) in [5.41, 5.74) is 3.62. The Kier molecular flexibility index (Phi) is 5.72. The Hall–Kier alpha value is -2.71. The van der Waals surface area contributed by atoms with Crippen LogP contribution in [0.15, 0.2) is 65.0 Å². The topological polar surface area (TPSA) is 88.2 Å². The van der Waals surface area contributed by atoms with Gasteiger partial charge in [-0.05, 0) is 97.9 Å². The molecule has 7 rings (SSSR count). The van der Waals surface area contributed by atoms with Crippen LogP contribution in [0.5, 0.6) is 0 Å². The summed E-state index contributed by atoms with van der Waals surface area (Å²) in [6, 6.07) is 15.4. The highest BCUT2D eigenvalue weighted by Gasteiger charge is 2.58. The molecule has 0 aliphatic heterocycles. The van der Waals surface area contributed by atoms with Crippen LogP contribution in [0.25, 0.3) is 0 Å². The lowest BCUT2D eigenvalue weighted by Crippen LogP contribution is -2.54. The molecule has 4 aliphatic carbocycles. The summed E-state index contributed by atoms with van der Waals surface area (Å²) in [4.78, 5) is 17.3. The van der Waals surface area contributed by atoms with Crippen LogP contribution in [0.2, 0.25) is 0 Å². The van der Waals surface area contributed by atoms with Crippen molar-refractivity contribution >= 4 is 38.1 Å². The number of amides is 1. The molecule has 6 nitrogen and oxygen atoms in total. The first-order chi connectivity index (χ1) is 17.2. The Morgan fingerprint density at radius 1 is 1.03 bits per heavy atom. The minimum atomic E-state index is -3.72. The van der Waals surface area contributed by atoms with E-state index in [-0.39, 0.29) is 21.6 Å². The molecule has 0 spiro atoms. The highest BCUT2D eigenvalue weighted by atomic mass is 32.2. The summed E-state index contributed by atoms with van der Waals surface area (Å²) in [7, 11) is -3.72. The molecule has 1 amide bonds. The average molecular weight is 522 g/mol. The number of sulfonamides is 1. The quantitative estimate of drug-likeness (QED) is 0.392. The molecule has 4 saturated carbocycles.